The average molecular weight is 732 g/mol. The second kappa shape index (κ2) is 14.3. The normalized spacial score (nSPS) is 18.7. The van der Waals surface area contributed by atoms with Crippen LogP contribution in [0.2, 0.25) is 5.02 Å². The Kier molecular flexibility index (Phi) is 10.5. The molecule has 2 unspecified atom stereocenters. The first-order valence-electron chi connectivity index (χ1n) is 14.5. The van der Waals surface area contributed by atoms with Crippen molar-refractivity contribution in [2.45, 2.75) is 24.8 Å². The Bertz CT molecular complexity index is 1940. The summed E-state index contributed by atoms with van der Waals surface area (Å²) in [5, 5.41) is 20.4. The number of halogens is 7. The van der Waals surface area contributed by atoms with Crippen LogP contribution in [-0.4, -0.2) is 83.6 Å². The van der Waals surface area contributed by atoms with E-state index in [-0.39, 0.29) is 34.7 Å². The quantitative estimate of drug-likeness (QED) is 0.239. The van der Waals surface area contributed by atoms with Gasteiger partial charge in [-0.1, -0.05) is 11.6 Å². The van der Waals surface area contributed by atoms with E-state index < -0.39 is 46.2 Å². The number of nitrogens with two attached hydrogens (primary N) is 1. The first kappa shape index (κ1) is 36.1. The Morgan fingerprint density at radius 1 is 1.02 bits per heavy atom. The van der Waals surface area contributed by atoms with Crippen LogP contribution in [0.25, 0.3) is 28.1 Å². The first-order valence-corrected chi connectivity index (χ1v) is 16.4. The lowest BCUT2D eigenvalue weighted by Gasteiger charge is -2.29. The van der Waals surface area contributed by atoms with Crippen molar-refractivity contribution in [3.05, 3.63) is 83.3 Å². The molecule has 2 fully saturated rings. The highest BCUT2D eigenvalue weighted by atomic mass is 35.5. The van der Waals surface area contributed by atoms with Crippen LogP contribution in [0.4, 0.5) is 32.0 Å². The summed E-state index contributed by atoms with van der Waals surface area (Å²) in [4.78, 5) is 14.9. The van der Waals surface area contributed by atoms with Crippen molar-refractivity contribution in [3.63, 3.8) is 0 Å². The molecule has 0 spiro atoms. The maximum Gasteiger partial charge on any atom is 0.490 e. The molecule has 2 aliphatic heterocycles. The van der Waals surface area contributed by atoms with Gasteiger partial charge in [-0.25, -0.2) is 27.8 Å². The van der Waals surface area contributed by atoms with Crippen molar-refractivity contribution >= 4 is 33.5 Å². The fraction of sp³-hybridized carbons (Fsp3) is 0.300. The summed E-state index contributed by atoms with van der Waals surface area (Å²) in [7, 11) is -4.32. The molecule has 0 bridgehead atoms. The van der Waals surface area contributed by atoms with Gasteiger partial charge in [0.05, 0.1) is 17.4 Å². The van der Waals surface area contributed by atoms with Gasteiger partial charge in [0.1, 0.15) is 23.5 Å². The predicted molar refractivity (Wildman–Crippen MR) is 168 cm³/mol. The van der Waals surface area contributed by atoms with Crippen LogP contribution in [0.5, 0.6) is 0 Å². The maximum absolute atomic E-state index is 16.3. The van der Waals surface area contributed by atoms with Gasteiger partial charge in [0.15, 0.2) is 0 Å². The molecule has 4 N–H and O–H groups in total. The van der Waals surface area contributed by atoms with Crippen LogP contribution in [-0.2, 0) is 15.0 Å². The monoisotopic (exact) mass is 731 g/mol. The van der Waals surface area contributed by atoms with Gasteiger partial charge in [-0.05, 0) is 42.8 Å². The van der Waals surface area contributed by atoms with Crippen LogP contribution in [0.15, 0.2) is 61.1 Å². The minimum absolute atomic E-state index is 0.0260. The molecule has 2 saturated heterocycles. The molecule has 11 nitrogen and oxygen atoms in total. The lowest BCUT2D eigenvalue weighted by molar-refractivity contribution is -0.192. The molecule has 262 valence electrons. The number of carbonyl (C=O) groups is 1. The Balaban J connectivity index is 0.000000606. The largest absolute Gasteiger partial charge is 0.490 e. The Morgan fingerprint density at radius 3 is 2.27 bits per heavy atom. The summed E-state index contributed by atoms with van der Waals surface area (Å²) in [6, 6.07) is 9.24. The van der Waals surface area contributed by atoms with E-state index >= 15 is 13.2 Å². The van der Waals surface area contributed by atoms with E-state index in [2.05, 4.69) is 15.4 Å². The van der Waals surface area contributed by atoms with Crippen molar-refractivity contribution in [1.29, 1.82) is 0 Å². The van der Waals surface area contributed by atoms with Gasteiger partial charge in [0, 0.05) is 84.7 Å². The minimum Gasteiger partial charge on any atom is -0.475 e. The number of carboxylic acids is 1. The molecule has 19 heteroatoms. The first-order chi connectivity index (χ1) is 23.1. The molecule has 2 aromatic carbocycles. The Hall–Kier alpha value is -4.23. The second-order valence-corrected chi connectivity index (χ2v) is 12.9. The van der Waals surface area contributed by atoms with E-state index in [4.69, 9.17) is 26.6 Å². The summed E-state index contributed by atoms with van der Waals surface area (Å²) in [5.41, 5.74) is 1.82. The number of benzene rings is 2. The molecule has 6 rings (SSSR count). The van der Waals surface area contributed by atoms with E-state index in [1.165, 1.54) is 29.1 Å². The summed E-state index contributed by atoms with van der Waals surface area (Å²) >= 11 is 6.41. The highest BCUT2D eigenvalue weighted by Crippen LogP contribution is 2.42. The number of hydrogen-bond donors (Lipinski definition) is 3. The number of piperazine rings is 1. The number of aliphatic carboxylic acids is 1. The van der Waals surface area contributed by atoms with Crippen molar-refractivity contribution in [2.75, 3.05) is 37.6 Å². The van der Waals surface area contributed by atoms with E-state index in [1.807, 2.05) is 4.90 Å². The van der Waals surface area contributed by atoms with Crippen molar-refractivity contribution in [3.8, 4) is 28.1 Å². The van der Waals surface area contributed by atoms with E-state index in [0.29, 0.717) is 35.7 Å². The zero-order valence-electron chi connectivity index (χ0n) is 25.2. The van der Waals surface area contributed by atoms with Crippen LogP contribution in [0.3, 0.4) is 0 Å². The van der Waals surface area contributed by atoms with Gasteiger partial charge >= 0.3 is 12.1 Å². The molecule has 2 aromatic heterocycles. The molecule has 0 aliphatic carbocycles. The molecule has 2 aliphatic rings. The van der Waals surface area contributed by atoms with Gasteiger partial charge in [0.25, 0.3) is 10.2 Å². The molecule has 49 heavy (non-hydrogen) atoms. The zero-order chi connectivity index (χ0) is 35.7. The highest BCUT2D eigenvalue weighted by Gasteiger charge is 2.43. The Morgan fingerprint density at radius 2 is 1.67 bits per heavy atom. The van der Waals surface area contributed by atoms with Crippen molar-refractivity contribution < 1.29 is 44.7 Å². The van der Waals surface area contributed by atoms with Crippen LogP contribution in [0, 0.1) is 11.6 Å². The number of nitrogens with one attached hydrogen (secondary N) is 1. The standard InChI is InChI=1S/C28H27ClF3N7O2S.C2HF3O2/c29-18-13-20(26(32)21(14-18)28-23(30)5-10-39(28)42(33,40)41)22-16-38(36-27(22)17-3-6-34-7-4-17)19-1-2-25(24(31)15-19)37-11-8-35-9-12-37;3-2(4,5)1(6)7/h1-4,6-7,13-16,23,28,35H,5,8-12H2,(H2,33,40,41);(H,6,7). The van der Waals surface area contributed by atoms with Crippen molar-refractivity contribution in [1.82, 2.24) is 24.4 Å². The third-order valence-electron chi connectivity index (χ3n) is 7.84. The molecular weight excluding hydrogens is 704 g/mol. The number of carboxylic acid groups (broad SMARTS) is 1. The molecule has 2 atom stereocenters. The van der Waals surface area contributed by atoms with Gasteiger partial charge in [-0.3, -0.25) is 4.98 Å². The van der Waals surface area contributed by atoms with Gasteiger partial charge in [-0.2, -0.15) is 31.0 Å². The predicted octanol–water partition coefficient (Wildman–Crippen LogP) is 4.86. The van der Waals surface area contributed by atoms with Crippen LogP contribution >= 0.6 is 11.6 Å². The maximum atomic E-state index is 16.3. The molecule has 0 amide bonds. The second-order valence-electron chi connectivity index (χ2n) is 11.0. The number of hydrogen-bond acceptors (Lipinski definition) is 7. The van der Waals surface area contributed by atoms with Gasteiger partial charge in [-0.15, -0.1) is 0 Å². The zero-order valence-corrected chi connectivity index (χ0v) is 26.8. The van der Waals surface area contributed by atoms with Gasteiger partial charge < -0.3 is 15.3 Å². The number of aromatic nitrogens is 3. The molecular formula is C30H28ClF6N7O4S. The fourth-order valence-electron chi connectivity index (χ4n) is 5.61. The summed E-state index contributed by atoms with van der Waals surface area (Å²) in [6.45, 7) is 2.67. The fourth-order valence-corrected chi connectivity index (χ4v) is 6.76. The third-order valence-corrected chi connectivity index (χ3v) is 9.12. The SMILES string of the molecule is NS(=O)(=O)N1CCC(F)C1c1cc(Cl)cc(-c2cn(-c3ccc(N4CCNCC4)c(F)c3)nc2-c2ccncc2)c1F.O=C(O)C(F)(F)F. The molecule has 0 saturated carbocycles. The van der Waals surface area contributed by atoms with E-state index in [0.717, 1.165) is 17.4 Å². The number of rotatable bonds is 6. The topological polar surface area (TPSA) is 147 Å². The lowest BCUT2D eigenvalue weighted by atomic mass is 9.95. The number of pyridine rings is 1. The smallest absolute Gasteiger partial charge is 0.475 e. The minimum atomic E-state index is -5.08. The lowest BCUT2D eigenvalue weighted by Crippen LogP contribution is -2.43. The van der Waals surface area contributed by atoms with E-state index in [1.54, 1.807) is 36.7 Å². The number of alkyl halides is 4. The Labute approximate surface area is 281 Å². The number of nitrogens with zero attached hydrogens (tertiary/aromatic N) is 5. The third kappa shape index (κ3) is 7.99. The summed E-state index contributed by atoms with van der Waals surface area (Å²) in [5.74, 6) is -4.04. The highest BCUT2D eigenvalue weighted by molar-refractivity contribution is 7.86. The average Bonchev–Trinajstić information content (AvgIpc) is 3.67. The van der Waals surface area contributed by atoms with Crippen molar-refractivity contribution in [2.24, 2.45) is 5.14 Å². The molecule has 4 aromatic rings. The van der Waals surface area contributed by atoms with E-state index in [9.17, 15) is 21.6 Å². The molecule has 4 heterocycles. The summed E-state index contributed by atoms with van der Waals surface area (Å²) < 4.78 is 105. The summed E-state index contributed by atoms with van der Waals surface area (Å²) in [6.07, 6.45) is -2.28. The van der Waals surface area contributed by atoms with Crippen LogP contribution in [0.1, 0.15) is 18.0 Å². The van der Waals surface area contributed by atoms with Gasteiger partial charge in [0.2, 0.25) is 0 Å². The molecule has 0 radical (unpaired) electrons. The number of anilines is 1. The van der Waals surface area contributed by atoms with Crippen LogP contribution < -0.4 is 15.4 Å².